The molecule has 8 heteroatoms. The molecule has 0 aliphatic rings. The molecule has 0 atom stereocenters. The van der Waals surface area contributed by atoms with Crippen molar-refractivity contribution in [1.82, 2.24) is 10.2 Å². The second-order valence-corrected chi connectivity index (χ2v) is 4.22. The summed E-state index contributed by atoms with van der Waals surface area (Å²) in [6, 6.07) is 0. The van der Waals surface area contributed by atoms with E-state index in [1.807, 2.05) is 0 Å². The van der Waals surface area contributed by atoms with Gasteiger partial charge in [0.15, 0.2) is 0 Å². The molecule has 2 N–H and O–H groups in total. The summed E-state index contributed by atoms with van der Waals surface area (Å²) in [6.45, 7) is 0.361. The van der Waals surface area contributed by atoms with Gasteiger partial charge in [-0.2, -0.15) is 18.3 Å². The van der Waals surface area contributed by atoms with Gasteiger partial charge in [-0.05, 0) is 28.8 Å². The third-order valence-electron chi connectivity index (χ3n) is 2.00. The molecule has 17 heavy (non-hydrogen) atoms. The Labute approximate surface area is 104 Å². The fourth-order valence-electron chi connectivity index (χ4n) is 1.18. The fourth-order valence-corrected chi connectivity index (χ4v) is 1.51. The minimum Gasteiger partial charge on any atom is -0.383 e. The van der Waals surface area contributed by atoms with E-state index in [1.165, 1.54) is 6.20 Å². The van der Waals surface area contributed by atoms with Gasteiger partial charge in [0.2, 0.25) is 0 Å². The van der Waals surface area contributed by atoms with E-state index in [9.17, 15) is 18.0 Å². The SMILES string of the molecule is O=c1[nH]ncc(NCCCCC(F)(F)F)c1Br. The number of halogens is 4. The number of nitrogens with one attached hydrogen (secondary N) is 2. The molecule has 0 spiro atoms. The van der Waals surface area contributed by atoms with E-state index in [0.717, 1.165) is 0 Å². The van der Waals surface area contributed by atoms with Crippen molar-refractivity contribution < 1.29 is 13.2 Å². The van der Waals surface area contributed by atoms with Crippen LogP contribution >= 0.6 is 15.9 Å². The summed E-state index contributed by atoms with van der Waals surface area (Å²) in [7, 11) is 0. The van der Waals surface area contributed by atoms with Crippen molar-refractivity contribution in [2.75, 3.05) is 11.9 Å². The van der Waals surface area contributed by atoms with Crippen LogP contribution in [0.5, 0.6) is 0 Å². The number of aromatic nitrogens is 2. The van der Waals surface area contributed by atoms with Gasteiger partial charge in [-0.3, -0.25) is 4.79 Å². The Morgan fingerprint density at radius 3 is 2.76 bits per heavy atom. The number of rotatable bonds is 5. The predicted octanol–water partition coefficient (Wildman–Crippen LogP) is 2.68. The van der Waals surface area contributed by atoms with Gasteiger partial charge in [-0.15, -0.1) is 0 Å². The summed E-state index contributed by atoms with van der Waals surface area (Å²) < 4.78 is 35.8. The highest BCUT2D eigenvalue weighted by molar-refractivity contribution is 9.10. The number of anilines is 1. The van der Waals surface area contributed by atoms with Gasteiger partial charge >= 0.3 is 6.18 Å². The molecule has 4 nitrogen and oxygen atoms in total. The van der Waals surface area contributed by atoms with Gasteiger partial charge < -0.3 is 5.32 Å². The Morgan fingerprint density at radius 1 is 1.41 bits per heavy atom. The number of aromatic amines is 1. The minimum atomic E-state index is -4.11. The zero-order valence-corrected chi connectivity index (χ0v) is 10.4. The van der Waals surface area contributed by atoms with Gasteiger partial charge in [-0.1, -0.05) is 0 Å². The Balaban J connectivity index is 2.32. The molecule has 0 amide bonds. The molecule has 1 aromatic rings. The lowest BCUT2D eigenvalue weighted by atomic mass is 10.2. The van der Waals surface area contributed by atoms with Crippen molar-refractivity contribution in [1.29, 1.82) is 0 Å². The molecule has 0 saturated heterocycles. The molecule has 1 rings (SSSR count). The Bertz CT molecular complexity index is 419. The van der Waals surface area contributed by atoms with Gasteiger partial charge in [0, 0.05) is 13.0 Å². The summed E-state index contributed by atoms with van der Waals surface area (Å²) >= 11 is 3.05. The summed E-state index contributed by atoms with van der Waals surface area (Å²) in [5.74, 6) is 0. The van der Waals surface area contributed by atoms with Gasteiger partial charge in [-0.25, -0.2) is 5.10 Å². The number of alkyl halides is 3. The predicted molar refractivity (Wildman–Crippen MR) is 61.0 cm³/mol. The van der Waals surface area contributed by atoms with Crippen LogP contribution in [0, 0.1) is 0 Å². The molecule has 96 valence electrons. The van der Waals surface area contributed by atoms with Crippen molar-refractivity contribution in [2.24, 2.45) is 0 Å². The lowest BCUT2D eigenvalue weighted by Gasteiger charge is -2.08. The summed E-state index contributed by atoms with van der Waals surface area (Å²) in [6.07, 6.45) is -3.06. The molecule has 0 bridgehead atoms. The third-order valence-corrected chi connectivity index (χ3v) is 2.79. The lowest BCUT2D eigenvalue weighted by molar-refractivity contribution is -0.135. The normalized spacial score (nSPS) is 11.5. The third kappa shape index (κ3) is 5.20. The van der Waals surface area contributed by atoms with E-state index in [-0.39, 0.29) is 12.0 Å². The van der Waals surface area contributed by atoms with Crippen LogP contribution in [0.15, 0.2) is 15.5 Å². The van der Waals surface area contributed by atoms with E-state index in [1.54, 1.807) is 0 Å². The van der Waals surface area contributed by atoms with Crippen molar-refractivity contribution in [3.63, 3.8) is 0 Å². The second-order valence-electron chi connectivity index (χ2n) is 3.43. The molecule has 0 fully saturated rings. The van der Waals surface area contributed by atoms with Gasteiger partial charge in [0.1, 0.15) is 4.47 Å². The highest BCUT2D eigenvalue weighted by Gasteiger charge is 2.25. The molecule has 0 aromatic carbocycles. The first kappa shape index (κ1) is 14.0. The first-order valence-electron chi connectivity index (χ1n) is 4.94. The summed E-state index contributed by atoms with van der Waals surface area (Å²) in [4.78, 5) is 11.1. The zero-order chi connectivity index (χ0) is 12.9. The number of hydrogen-bond acceptors (Lipinski definition) is 3. The molecule has 0 aliphatic carbocycles. The van der Waals surface area contributed by atoms with Crippen LogP contribution in [-0.2, 0) is 0 Å². The molecule has 0 radical (unpaired) electrons. The van der Waals surface area contributed by atoms with Gasteiger partial charge in [0.05, 0.1) is 11.9 Å². The topological polar surface area (TPSA) is 57.8 Å². The van der Waals surface area contributed by atoms with Gasteiger partial charge in [0.25, 0.3) is 5.56 Å². The van der Waals surface area contributed by atoms with E-state index in [0.29, 0.717) is 23.1 Å². The number of hydrogen-bond donors (Lipinski definition) is 2. The first-order chi connectivity index (χ1) is 7.90. The Morgan fingerprint density at radius 2 is 2.12 bits per heavy atom. The molecule has 0 aliphatic heterocycles. The van der Waals surface area contributed by atoms with Crippen LogP contribution in [-0.4, -0.2) is 22.9 Å². The quantitative estimate of drug-likeness (QED) is 0.822. The van der Waals surface area contributed by atoms with Crippen molar-refractivity contribution >= 4 is 21.6 Å². The molecule has 1 aromatic heterocycles. The number of unbranched alkanes of at least 4 members (excludes halogenated alkanes) is 1. The van der Waals surface area contributed by atoms with Crippen LogP contribution in [0.25, 0.3) is 0 Å². The van der Waals surface area contributed by atoms with Crippen LogP contribution < -0.4 is 10.9 Å². The number of H-pyrrole nitrogens is 1. The minimum absolute atomic E-state index is 0.0603. The summed E-state index contributed by atoms with van der Waals surface area (Å²) in [5.41, 5.74) is 0.0889. The molecule has 0 saturated carbocycles. The average molecular weight is 314 g/mol. The maximum Gasteiger partial charge on any atom is 0.389 e. The highest BCUT2D eigenvalue weighted by atomic mass is 79.9. The Kier molecular flexibility index (Phi) is 4.98. The summed E-state index contributed by atoms with van der Waals surface area (Å²) in [5, 5.41) is 8.64. The Hall–Kier alpha value is -1.05. The van der Waals surface area contributed by atoms with E-state index < -0.39 is 12.6 Å². The largest absolute Gasteiger partial charge is 0.389 e. The van der Waals surface area contributed by atoms with Crippen LogP contribution in [0.2, 0.25) is 0 Å². The maximum absolute atomic E-state index is 11.8. The average Bonchev–Trinajstić information content (AvgIpc) is 2.22. The molecular formula is C9H11BrF3N3O. The second kappa shape index (κ2) is 6.04. The van der Waals surface area contributed by atoms with Crippen molar-refractivity contribution in [3.05, 3.63) is 21.0 Å². The molecule has 1 heterocycles. The molecular weight excluding hydrogens is 303 g/mol. The van der Waals surface area contributed by atoms with Crippen molar-refractivity contribution in [3.8, 4) is 0 Å². The highest BCUT2D eigenvalue weighted by Crippen LogP contribution is 2.22. The lowest BCUT2D eigenvalue weighted by Crippen LogP contribution is -2.13. The molecule has 0 unspecified atom stereocenters. The number of nitrogens with zero attached hydrogens (tertiary/aromatic N) is 1. The zero-order valence-electron chi connectivity index (χ0n) is 8.77. The van der Waals surface area contributed by atoms with E-state index >= 15 is 0 Å². The first-order valence-corrected chi connectivity index (χ1v) is 5.73. The van der Waals surface area contributed by atoms with E-state index in [4.69, 9.17) is 0 Å². The monoisotopic (exact) mass is 313 g/mol. The fraction of sp³-hybridized carbons (Fsp3) is 0.556. The smallest absolute Gasteiger partial charge is 0.383 e. The standard InChI is InChI=1S/C9H11BrF3N3O/c10-7-6(5-15-16-8(7)17)14-4-2-1-3-9(11,12)13/h5H,1-4H2,(H2,14,16,17). The van der Waals surface area contributed by atoms with Crippen LogP contribution in [0.1, 0.15) is 19.3 Å². The maximum atomic E-state index is 11.8. The van der Waals surface area contributed by atoms with Crippen LogP contribution in [0.4, 0.5) is 18.9 Å². The van der Waals surface area contributed by atoms with E-state index in [2.05, 4.69) is 31.4 Å². The van der Waals surface area contributed by atoms with Crippen LogP contribution in [0.3, 0.4) is 0 Å². The van der Waals surface area contributed by atoms with Crippen molar-refractivity contribution in [2.45, 2.75) is 25.4 Å².